The van der Waals surface area contributed by atoms with E-state index in [2.05, 4.69) is 32.9 Å². The van der Waals surface area contributed by atoms with Gasteiger partial charge in [-0.1, -0.05) is 17.7 Å². The van der Waals surface area contributed by atoms with Gasteiger partial charge in [-0.3, -0.25) is 0 Å². The Morgan fingerprint density at radius 2 is 1.81 bits per heavy atom. The van der Waals surface area contributed by atoms with Gasteiger partial charge in [0.15, 0.2) is 0 Å². The predicted molar refractivity (Wildman–Crippen MR) is 67.1 cm³/mol. The van der Waals surface area contributed by atoms with Crippen molar-refractivity contribution in [2.75, 3.05) is 19.8 Å². The van der Waals surface area contributed by atoms with Crippen molar-refractivity contribution in [3.63, 3.8) is 0 Å². The first-order valence-corrected chi connectivity index (χ1v) is 6.33. The summed E-state index contributed by atoms with van der Waals surface area (Å²) in [5.41, 5.74) is 3.88. The van der Waals surface area contributed by atoms with Crippen molar-refractivity contribution >= 4 is 11.8 Å². The molecular formula is C13H18O2S. The monoisotopic (exact) mass is 238 g/mol. The van der Waals surface area contributed by atoms with Crippen LogP contribution < -0.4 is 0 Å². The number of aliphatic hydroxyl groups is 1. The fraction of sp³-hybridized carbons (Fsp3) is 0.538. The van der Waals surface area contributed by atoms with Crippen molar-refractivity contribution in [2.24, 2.45) is 0 Å². The quantitative estimate of drug-likeness (QED) is 0.877. The van der Waals surface area contributed by atoms with Gasteiger partial charge >= 0.3 is 0 Å². The predicted octanol–water partition coefficient (Wildman–Crippen LogP) is 2.47. The number of benzene rings is 1. The van der Waals surface area contributed by atoms with Crippen LogP contribution in [0.5, 0.6) is 0 Å². The zero-order valence-corrected chi connectivity index (χ0v) is 10.9. The molecule has 2 nitrogen and oxygen atoms in total. The molecule has 88 valence electrons. The minimum absolute atomic E-state index is 0.106. The first kappa shape index (κ1) is 12.0. The van der Waals surface area contributed by atoms with Crippen LogP contribution in [0.25, 0.3) is 0 Å². The molecule has 0 bridgehead atoms. The number of ether oxygens (including phenoxy) is 1. The molecule has 1 aliphatic heterocycles. The number of hydrogen-bond acceptors (Lipinski definition) is 3. The van der Waals surface area contributed by atoms with Gasteiger partial charge in [-0.15, -0.1) is 11.8 Å². The zero-order valence-electron chi connectivity index (χ0n) is 10.0. The summed E-state index contributed by atoms with van der Waals surface area (Å²) < 4.78 is 5.12. The Hall–Kier alpha value is -0.510. The lowest BCUT2D eigenvalue weighted by Gasteiger charge is -2.39. The molecule has 0 amide bonds. The molecule has 0 radical (unpaired) electrons. The van der Waals surface area contributed by atoms with Crippen LogP contribution in [0.15, 0.2) is 17.0 Å². The van der Waals surface area contributed by atoms with Gasteiger partial charge in [0.1, 0.15) is 0 Å². The summed E-state index contributed by atoms with van der Waals surface area (Å²) in [7, 11) is 0. The molecule has 1 aromatic carbocycles. The molecule has 1 saturated heterocycles. The van der Waals surface area contributed by atoms with E-state index < -0.39 is 0 Å². The van der Waals surface area contributed by atoms with E-state index in [0.717, 1.165) is 0 Å². The number of aliphatic hydroxyl groups excluding tert-OH is 1. The smallest absolute Gasteiger partial charge is 0.0902 e. The summed E-state index contributed by atoms with van der Waals surface area (Å²) in [5.74, 6) is 0. The molecule has 3 heteroatoms. The lowest BCUT2D eigenvalue weighted by molar-refractivity contribution is -0.0318. The second-order valence-corrected chi connectivity index (χ2v) is 6.14. The Balaban J connectivity index is 2.27. The Bertz CT molecular complexity index is 368. The number of aryl methyl sites for hydroxylation is 3. The third-order valence-corrected chi connectivity index (χ3v) is 4.59. The third-order valence-electron chi connectivity index (χ3n) is 2.94. The third kappa shape index (κ3) is 2.12. The Morgan fingerprint density at radius 1 is 1.25 bits per heavy atom. The highest BCUT2D eigenvalue weighted by Gasteiger charge is 2.39. The zero-order chi connectivity index (χ0) is 11.8. The second kappa shape index (κ2) is 4.40. The van der Waals surface area contributed by atoms with E-state index in [0.29, 0.717) is 13.2 Å². The van der Waals surface area contributed by atoms with Crippen molar-refractivity contribution in [1.82, 2.24) is 0 Å². The van der Waals surface area contributed by atoms with E-state index in [1.165, 1.54) is 21.6 Å². The summed E-state index contributed by atoms with van der Waals surface area (Å²) >= 11 is 1.76. The van der Waals surface area contributed by atoms with Gasteiger partial charge in [-0.25, -0.2) is 0 Å². The number of rotatable bonds is 3. The van der Waals surface area contributed by atoms with Gasteiger partial charge in [0, 0.05) is 4.90 Å². The Labute approximate surface area is 101 Å². The lowest BCUT2D eigenvalue weighted by Crippen LogP contribution is -2.49. The van der Waals surface area contributed by atoms with Gasteiger partial charge in [0.05, 0.1) is 24.6 Å². The van der Waals surface area contributed by atoms with Crippen molar-refractivity contribution in [2.45, 2.75) is 30.4 Å². The molecule has 0 aliphatic carbocycles. The molecule has 1 aromatic rings. The van der Waals surface area contributed by atoms with Crippen molar-refractivity contribution in [1.29, 1.82) is 0 Å². The van der Waals surface area contributed by atoms with Crippen molar-refractivity contribution < 1.29 is 9.84 Å². The highest BCUT2D eigenvalue weighted by molar-refractivity contribution is 8.01. The maximum Gasteiger partial charge on any atom is 0.0902 e. The van der Waals surface area contributed by atoms with Crippen LogP contribution in [0, 0.1) is 20.8 Å². The van der Waals surface area contributed by atoms with Crippen LogP contribution >= 0.6 is 11.8 Å². The normalized spacial score (nSPS) is 18.2. The first-order chi connectivity index (χ1) is 7.56. The van der Waals surface area contributed by atoms with Crippen molar-refractivity contribution in [3.8, 4) is 0 Å². The fourth-order valence-electron chi connectivity index (χ4n) is 2.06. The molecule has 1 heterocycles. The lowest BCUT2D eigenvalue weighted by atomic mass is 10.1. The minimum Gasteiger partial charge on any atom is -0.395 e. The molecule has 16 heavy (non-hydrogen) atoms. The molecule has 1 fully saturated rings. The van der Waals surface area contributed by atoms with Crippen LogP contribution in [-0.4, -0.2) is 29.7 Å². The molecule has 0 unspecified atom stereocenters. The molecule has 1 aliphatic rings. The van der Waals surface area contributed by atoms with Crippen LogP contribution in [0.4, 0.5) is 0 Å². The molecular weight excluding hydrogens is 220 g/mol. The van der Waals surface area contributed by atoms with Crippen LogP contribution in [0.2, 0.25) is 0 Å². The summed E-state index contributed by atoms with van der Waals surface area (Å²) in [6.07, 6.45) is 0. The molecule has 0 spiro atoms. The van der Waals surface area contributed by atoms with Gasteiger partial charge in [0.2, 0.25) is 0 Å². The SMILES string of the molecule is Cc1cc(C)c(SC2(CO)COC2)c(C)c1. The van der Waals surface area contributed by atoms with E-state index in [4.69, 9.17) is 4.74 Å². The fourth-order valence-corrected chi connectivity index (χ4v) is 3.28. The number of hydrogen-bond donors (Lipinski definition) is 1. The second-order valence-electron chi connectivity index (χ2n) is 4.66. The average Bonchev–Trinajstić information content (AvgIpc) is 2.14. The molecule has 0 saturated carbocycles. The standard InChI is InChI=1S/C13H18O2S/c1-9-4-10(2)12(11(3)5-9)16-13(6-14)7-15-8-13/h4-5,14H,6-8H2,1-3H3. The summed E-state index contributed by atoms with van der Waals surface area (Å²) in [5, 5.41) is 9.43. The van der Waals surface area contributed by atoms with Crippen LogP contribution in [0.3, 0.4) is 0 Å². The van der Waals surface area contributed by atoms with Gasteiger partial charge in [0.25, 0.3) is 0 Å². The highest BCUT2D eigenvalue weighted by Crippen LogP contribution is 2.41. The van der Waals surface area contributed by atoms with E-state index in [1.54, 1.807) is 11.8 Å². The summed E-state index contributed by atoms with van der Waals surface area (Å²) in [6.45, 7) is 7.87. The first-order valence-electron chi connectivity index (χ1n) is 5.52. The van der Waals surface area contributed by atoms with E-state index in [9.17, 15) is 5.11 Å². The average molecular weight is 238 g/mol. The van der Waals surface area contributed by atoms with E-state index in [1.807, 2.05) is 0 Å². The maximum atomic E-state index is 9.43. The number of thioether (sulfide) groups is 1. The van der Waals surface area contributed by atoms with E-state index in [-0.39, 0.29) is 11.4 Å². The Morgan fingerprint density at radius 3 is 2.19 bits per heavy atom. The van der Waals surface area contributed by atoms with Crippen LogP contribution in [-0.2, 0) is 4.74 Å². The summed E-state index contributed by atoms with van der Waals surface area (Å²) in [4.78, 5) is 1.29. The van der Waals surface area contributed by atoms with Crippen LogP contribution in [0.1, 0.15) is 16.7 Å². The molecule has 1 N–H and O–H groups in total. The largest absolute Gasteiger partial charge is 0.395 e. The summed E-state index contributed by atoms with van der Waals surface area (Å²) in [6, 6.07) is 4.39. The van der Waals surface area contributed by atoms with Crippen molar-refractivity contribution in [3.05, 3.63) is 28.8 Å². The van der Waals surface area contributed by atoms with Gasteiger partial charge < -0.3 is 9.84 Å². The maximum absolute atomic E-state index is 9.43. The van der Waals surface area contributed by atoms with Gasteiger partial charge in [-0.05, 0) is 31.9 Å². The van der Waals surface area contributed by atoms with E-state index >= 15 is 0 Å². The Kier molecular flexibility index (Phi) is 3.29. The molecule has 2 rings (SSSR count). The van der Waals surface area contributed by atoms with Gasteiger partial charge in [-0.2, -0.15) is 0 Å². The highest BCUT2D eigenvalue weighted by atomic mass is 32.2. The molecule has 0 atom stereocenters. The minimum atomic E-state index is -0.106. The molecule has 0 aromatic heterocycles. The topological polar surface area (TPSA) is 29.5 Å².